The minimum Gasteiger partial charge on any atom is -0.462 e. The Hall–Kier alpha value is -2.11. The van der Waals surface area contributed by atoms with Crippen molar-refractivity contribution in [1.29, 1.82) is 0 Å². The number of rotatable bonds is 59. The zero-order valence-corrected chi connectivity index (χ0v) is 48.0. The van der Waals surface area contributed by atoms with E-state index >= 15 is 0 Å². The van der Waals surface area contributed by atoms with Crippen molar-refractivity contribution >= 4 is 17.9 Å². The molecule has 0 aromatic rings. The van der Waals surface area contributed by atoms with E-state index in [0.717, 1.165) is 77.0 Å². The van der Waals surface area contributed by atoms with Crippen molar-refractivity contribution in [3.8, 4) is 0 Å². The van der Waals surface area contributed by atoms with E-state index in [9.17, 15) is 14.4 Å². The van der Waals surface area contributed by atoms with Gasteiger partial charge in [0, 0.05) is 19.3 Å². The van der Waals surface area contributed by atoms with Crippen LogP contribution in [0.5, 0.6) is 0 Å². The Morgan fingerprint density at radius 3 is 0.761 bits per heavy atom. The smallest absolute Gasteiger partial charge is 0.306 e. The molecule has 1 unspecified atom stereocenters. The normalized spacial score (nSPS) is 12.1. The quantitative estimate of drug-likeness (QED) is 0.0261. The van der Waals surface area contributed by atoms with Gasteiger partial charge in [0.05, 0.1) is 0 Å². The lowest BCUT2D eigenvalue weighted by Crippen LogP contribution is -2.30. The van der Waals surface area contributed by atoms with Gasteiger partial charge in [-0.25, -0.2) is 0 Å². The van der Waals surface area contributed by atoms with E-state index in [1.165, 1.54) is 238 Å². The van der Waals surface area contributed by atoms with Gasteiger partial charge in [-0.3, -0.25) is 14.4 Å². The van der Waals surface area contributed by atoms with E-state index in [1.54, 1.807) is 0 Å². The number of hydrogen-bond acceptors (Lipinski definition) is 6. The topological polar surface area (TPSA) is 78.9 Å². The van der Waals surface area contributed by atoms with E-state index < -0.39 is 6.10 Å². The molecule has 0 N–H and O–H groups in total. The highest BCUT2D eigenvalue weighted by Gasteiger charge is 2.19. The van der Waals surface area contributed by atoms with Gasteiger partial charge in [-0.15, -0.1) is 0 Å². The summed E-state index contributed by atoms with van der Waals surface area (Å²) in [7, 11) is 0. The Balaban J connectivity index is 4.07. The molecule has 0 aliphatic heterocycles. The number of esters is 3. The second kappa shape index (κ2) is 60.4. The number of carbonyl (C=O) groups is 3. The first-order valence-electron chi connectivity index (χ1n) is 31.8. The molecule has 0 rings (SSSR count). The van der Waals surface area contributed by atoms with Crippen molar-refractivity contribution in [2.75, 3.05) is 13.2 Å². The first kappa shape index (κ1) is 68.9. The maximum absolute atomic E-state index is 12.8. The van der Waals surface area contributed by atoms with Crippen LogP contribution < -0.4 is 0 Å². The minimum atomic E-state index is -0.775. The van der Waals surface area contributed by atoms with Crippen LogP contribution in [0.4, 0.5) is 0 Å². The number of allylic oxidation sites excluding steroid dienone is 4. The van der Waals surface area contributed by atoms with Gasteiger partial charge in [0.2, 0.25) is 0 Å². The third kappa shape index (κ3) is 58.7. The van der Waals surface area contributed by atoms with Crippen LogP contribution in [0.2, 0.25) is 0 Å². The summed E-state index contributed by atoms with van der Waals surface area (Å²) >= 11 is 0. The van der Waals surface area contributed by atoms with E-state index in [0.29, 0.717) is 19.3 Å². The van der Waals surface area contributed by atoms with Gasteiger partial charge in [0.1, 0.15) is 13.2 Å². The molecule has 0 aromatic heterocycles. The van der Waals surface area contributed by atoms with Crippen molar-refractivity contribution < 1.29 is 28.6 Å². The maximum atomic E-state index is 12.8. The molecule has 6 nitrogen and oxygen atoms in total. The van der Waals surface area contributed by atoms with Crippen LogP contribution in [0, 0.1) is 0 Å². The first-order chi connectivity index (χ1) is 35.0. The van der Waals surface area contributed by atoms with Crippen LogP contribution in [-0.2, 0) is 28.6 Å². The highest BCUT2D eigenvalue weighted by Crippen LogP contribution is 2.18. The summed E-state index contributed by atoms with van der Waals surface area (Å²) in [6.45, 7) is 6.61. The highest BCUT2D eigenvalue weighted by atomic mass is 16.6. The molecule has 0 saturated carbocycles. The summed E-state index contributed by atoms with van der Waals surface area (Å²) < 4.78 is 16.9. The van der Waals surface area contributed by atoms with Crippen LogP contribution in [0.25, 0.3) is 0 Å². The first-order valence-corrected chi connectivity index (χ1v) is 31.8. The highest BCUT2D eigenvalue weighted by molar-refractivity contribution is 5.71. The summed E-state index contributed by atoms with van der Waals surface area (Å²) in [5, 5.41) is 0. The van der Waals surface area contributed by atoms with Gasteiger partial charge in [0.15, 0.2) is 6.10 Å². The van der Waals surface area contributed by atoms with Gasteiger partial charge in [-0.05, 0) is 64.2 Å². The number of hydrogen-bond donors (Lipinski definition) is 0. The van der Waals surface area contributed by atoms with Crippen LogP contribution in [-0.4, -0.2) is 37.2 Å². The van der Waals surface area contributed by atoms with Crippen molar-refractivity contribution in [2.24, 2.45) is 0 Å². The van der Waals surface area contributed by atoms with E-state index in [1.807, 2.05) is 0 Å². The predicted molar refractivity (Wildman–Crippen MR) is 307 cm³/mol. The molecule has 0 aliphatic rings. The van der Waals surface area contributed by atoms with Crippen molar-refractivity contribution in [3.63, 3.8) is 0 Å². The van der Waals surface area contributed by atoms with Gasteiger partial charge < -0.3 is 14.2 Å². The number of ether oxygens (including phenoxy) is 3. The van der Waals surface area contributed by atoms with E-state index in [4.69, 9.17) is 14.2 Å². The fourth-order valence-corrected chi connectivity index (χ4v) is 9.62. The summed E-state index contributed by atoms with van der Waals surface area (Å²) in [4.78, 5) is 38.1. The summed E-state index contributed by atoms with van der Waals surface area (Å²) in [6.07, 6.45) is 72.2. The molecule has 418 valence electrons. The molecule has 0 amide bonds. The fourth-order valence-electron chi connectivity index (χ4n) is 9.62. The molecule has 0 fully saturated rings. The molecule has 0 radical (unpaired) electrons. The Morgan fingerprint density at radius 1 is 0.268 bits per heavy atom. The lowest BCUT2D eigenvalue weighted by atomic mass is 10.0. The van der Waals surface area contributed by atoms with Crippen molar-refractivity contribution in [3.05, 3.63) is 24.3 Å². The molecule has 0 bridgehead atoms. The second-order valence-corrected chi connectivity index (χ2v) is 21.7. The standard InChI is InChI=1S/C65H122O6/c1-4-7-10-13-16-19-22-24-26-27-28-29-30-31-32-33-34-35-36-37-38-39-40-42-43-46-49-52-55-58-64(67)70-61-62(60-69-63(66)57-54-51-48-45-21-18-15-12-9-6-3)71-65(68)59-56-53-50-47-44-41-25-23-20-17-14-11-8-5-2/h12,15,23,25,62H,4-11,13-14,16-22,24,26-61H2,1-3H3/b15-12-,25-23-. The molecule has 0 saturated heterocycles. The van der Waals surface area contributed by atoms with Gasteiger partial charge in [0.25, 0.3) is 0 Å². The summed E-state index contributed by atoms with van der Waals surface area (Å²) in [5.41, 5.74) is 0. The van der Waals surface area contributed by atoms with Crippen LogP contribution in [0.1, 0.15) is 355 Å². The van der Waals surface area contributed by atoms with Crippen molar-refractivity contribution in [2.45, 2.75) is 361 Å². The molecular formula is C65H122O6. The minimum absolute atomic E-state index is 0.0730. The molecule has 0 spiro atoms. The van der Waals surface area contributed by atoms with Crippen LogP contribution >= 0.6 is 0 Å². The molecular weight excluding hydrogens is 877 g/mol. The average Bonchev–Trinajstić information content (AvgIpc) is 3.37. The van der Waals surface area contributed by atoms with E-state index in [-0.39, 0.29) is 31.1 Å². The SMILES string of the molecule is CCC/C=C\CCCCCCCC(=O)OCC(COC(=O)CCCCCCCCCCCCCCCCCCCCCCCCCCCCCCC)OC(=O)CCCCCCC/C=C\CCCCCCC. The van der Waals surface area contributed by atoms with Gasteiger partial charge in [-0.2, -0.15) is 0 Å². The number of unbranched alkanes of at least 4 members (excludes halogenated alkanes) is 44. The molecule has 0 aromatic carbocycles. The summed E-state index contributed by atoms with van der Waals surface area (Å²) in [6, 6.07) is 0. The maximum Gasteiger partial charge on any atom is 0.306 e. The third-order valence-electron chi connectivity index (χ3n) is 14.4. The zero-order chi connectivity index (χ0) is 51.4. The molecule has 71 heavy (non-hydrogen) atoms. The van der Waals surface area contributed by atoms with Crippen LogP contribution in [0.3, 0.4) is 0 Å². The van der Waals surface area contributed by atoms with Crippen molar-refractivity contribution in [1.82, 2.24) is 0 Å². The Morgan fingerprint density at radius 2 is 0.493 bits per heavy atom. The Labute approximate surface area is 443 Å². The molecule has 0 aliphatic carbocycles. The zero-order valence-electron chi connectivity index (χ0n) is 48.0. The van der Waals surface area contributed by atoms with Gasteiger partial charge >= 0.3 is 17.9 Å². The lowest BCUT2D eigenvalue weighted by molar-refractivity contribution is -0.167. The summed E-state index contributed by atoms with van der Waals surface area (Å²) in [5.74, 6) is -0.873. The molecule has 1 atom stereocenters. The monoisotopic (exact) mass is 999 g/mol. The predicted octanol–water partition coefficient (Wildman–Crippen LogP) is 21.4. The van der Waals surface area contributed by atoms with Gasteiger partial charge in [-0.1, -0.05) is 295 Å². The lowest BCUT2D eigenvalue weighted by Gasteiger charge is -2.18. The Bertz CT molecular complexity index is 1150. The molecule has 0 heterocycles. The third-order valence-corrected chi connectivity index (χ3v) is 14.4. The largest absolute Gasteiger partial charge is 0.462 e. The molecule has 6 heteroatoms. The number of carbonyl (C=O) groups excluding carboxylic acids is 3. The average molecular weight is 1000 g/mol. The fraction of sp³-hybridized carbons (Fsp3) is 0.892. The van der Waals surface area contributed by atoms with E-state index in [2.05, 4.69) is 45.1 Å². The second-order valence-electron chi connectivity index (χ2n) is 21.7. The van der Waals surface area contributed by atoms with Crippen LogP contribution in [0.15, 0.2) is 24.3 Å². The Kier molecular flexibility index (Phi) is 58.6.